The van der Waals surface area contributed by atoms with Crippen LogP contribution in [0.1, 0.15) is 56.9 Å². The molecule has 1 nitrogen and oxygen atoms in total. The molecule has 0 aliphatic heterocycles. The number of benzene rings is 1. The van der Waals surface area contributed by atoms with Gasteiger partial charge in [0, 0.05) is 11.1 Å². The molecule has 0 atom stereocenters. The third kappa shape index (κ3) is 3.63. The van der Waals surface area contributed by atoms with Crippen molar-refractivity contribution in [3.05, 3.63) is 53.6 Å². The smallest absolute Gasteiger partial charge is 0.206 e. The highest BCUT2D eigenvalue weighted by atomic mass is 19.1. The molecule has 0 N–H and O–H groups in total. The van der Waals surface area contributed by atoms with Crippen LogP contribution in [0.4, 0.5) is 13.2 Å². The summed E-state index contributed by atoms with van der Waals surface area (Å²) in [6, 6.07) is 7.22. The van der Waals surface area contributed by atoms with Crippen molar-refractivity contribution in [2.45, 2.75) is 51.4 Å². The highest BCUT2D eigenvalue weighted by Gasteiger charge is 2.23. The van der Waals surface area contributed by atoms with Crippen LogP contribution in [0, 0.1) is 23.6 Å². The van der Waals surface area contributed by atoms with Crippen LogP contribution >= 0.6 is 0 Å². The Labute approximate surface area is 140 Å². The molecule has 0 unspecified atom stereocenters. The van der Waals surface area contributed by atoms with Crippen molar-refractivity contribution >= 4 is 0 Å². The molecule has 1 aliphatic rings. The zero-order valence-electron chi connectivity index (χ0n) is 13.9. The fourth-order valence-corrected chi connectivity index (χ4v) is 3.81. The molecule has 1 aromatic heterocycles. The predicted molar refractivity (Wildman–Crippen MR) is 89.2 cm³/mol. The lowest BCUT2D eigenvalue weighted by atomic mass is 9.77. The van der Waals surface area contributed by atoms with Gasteiger partial charge >= 0.3 is 0 Å². The van der Waals surface area contributed by atoms with Crippen molar-refractivity contribution in [1.29, 1.82) is 0 Å². The molecule has 128 valence electrons. The van der Waals surface area contributed by atoms with Crippen LogP contribution in [0.3, 0.4) is 0 Å². The van der Waals surface area contributed by atoms with Crippen LogP contribution in [-0.4, -0.2) is 4.98 Å². The van der Waals surface area contributed by atoms with E-state index in [4.69, 9.17) is 0 Å². The van der Waals surface area contributed by atoms with E-state index in [0.717, 1.165) is 30.4 Å². The Morgan fingerprint density at radius 2 is 1.67 bits per heavy atom. The number of hydrogen-bond acceptors (Lipinski definition) is 1. The summed E-state index contributed by atoms with van der Waals surface area (Å²) >= 11 is 0. The predicted octanol–water partition coefficient (Wildman–Crippen LogP) is 6.24. The quantitative estimate of drug-likeness (QED) is 0.604. The van der Waals surface area contributed by atoms with Crippen LogP contribution in [0.15, 0.2) is 30.3 Å². The van der Waals surface area contributed by atoms with Crippen LogP contribution in [-0.2, 0) is 0 Å². The Kier molecular flexibility index (Phi) is 5.22. The third-order valence-electron chi connectivity index (χ3n) is 5.11. The summed E-state index contributed by atoms with van der Waals surface area (Å²) in [5.74, 6) is -1.19. The number of pyridine rings is 1. The minimum absolute atomic E-state index is 0.00731. The van der Waals surface area contributed by atoms with Crippen molar-refractivity contribution in [1.82, 2.24) is 4.98 Å². The second-order valence-corrected chi connectivity index (χ2v) is 6.72. The molecule has 24 heavy (non-hydrogen) atoms. The van der Waals surface area contributed by atoms with Crippen LogP contribution < -0.4 is 0 Å². The van der Waals surface area contributed by atoms with Gasteiger partial charge in [0.25, 0.3) is 0 Å². The molecule has 0 spiro atoms. The lowest BCUT2D eigenvalue weighted by Gasteiger charge is -2.28. The Balaban J connectivity index is 1.78. The molecule has 0 saturated heterocycles. The number of halogens is 3. The van der Waals surface area contributed by atoms with E-state index in [1.807, 2.05) is 6.07 Å². The van der Waals surface area contributed by atoms with Gasteiger partial charge in [0.1, 0.15) is 5.82 Å². The maximum atomic E-state index is 14.5. The van der Waals surface area contributed by atoms with Gasteiger partial charge in [-0.25, -0.2) is 4.39 Å². The molecule has 4 heteroatoms. The summed E-state index contributed by atoms with van der Waals surface area (Å²) in [4.78, 5) is 3.13. The zero-order chi connectivity index (χ0) is 17.1. The Morgan fingerprint density at radius 3 is 2.29 bits per heavy atom. The number of rotatable bonds is 4. The molecular weight excluding hydrogens is 311 g/mol. The van der Waals surface area contributed by atoms with Crippen LogP contribution in [0.2, 0.25) is 0 Å². The van der Waals surface area contributed by atoms with E-state index in [1.54, 1.807) is 6.07 Å². The van der Waals surface area contributed by atoms with E-state index in [9.17, 15) is 13.2 Å². The van der Waals surface area contributed by atoms with Gasteiger partial charge in [-0.05, 0) is 61.3 Å². The van der Waals surface area contributed by atoms with Gasteiger partial charge in [0.15, 0.2) is 0 Å². The van der Waals surface area contributed by atoms with E-state index >= 15 is 0 Å². The van der Waals surface area contributed by atoms with Gasteiger partial charge < -0.3 is 0 Å². The highest BCUT2D eigenvalue weighted by Crippen LogP contribution is 2.38. The van der Waals surface area contributed by atoms with E-state index < -0.39 is 17.7 Å². The van der Waals surface area contributed by atoms with Crippen molar-refractivity contribution in [2.75, 3.05) is 0 Å². The zero-order valence-corrected chi connectivity index (χ0v) is 13.9. The second kappa shape index (κ2) is 7.37. The van der Waals surface area contributed by atoms with Crippen molar-refractivity contribution in [3.63, 3.8) is 0 Å². The minimum atomic E-state index is -0.985. The van der Waals surface area contributed by atoms with Gasteiger partial charge in [-0.3, -0.25) is 0 Å². The molecule has 1 saturated carbocycles. The number of aromatic nitrogens is 1. The summed E-state index contributed by atoms with van der Waals surface area (Å²) < 4.78 is 41.2. The molecule has 0 radical (unpaired) electrons. The first kappa shape index (κ1) is 17.0. The number of nitrogens with zero attached hydrogens (tertiary/aromatic N) is 1. The molecule has 1 fully saturated rings. The molecule has 3 rings (SSSR count). The van der Waals surface area contributed by atoms with Crippen LogP contribution in [0.5, 0.6) is 0 Å². The van der Waals surface area contributed by atoms with Crippen molar-refractivity contribution in [2.24, 2.45) is 5.92 Å². The molecule has 0 bridgehead atoms. The van der Waals surface area contributed by atoms with E-state index in [2.05, 4.69) is 11.9 Å². The molecular formula is C20H22F3N. The first-order valence-electron chi connectivity index (χ1n) is 8.70. The fourth-order valence-electron chi connectivity index (χ4n) is 3.81. The highest BCUT2D eigenvalue weighted by molar-refractivity contribution is 5.64. The van der Waals surface area contributed by atoms with Crippen LogP contribution in [0.25, 0.3) is 11.1 Å². The van der Waals surface area contributed by atoms with Crippen molar-refractivity contribution in [3.8, 4) is 11.1 Å². The number of hydrogen-bond donors (Lipinski definition) is 0. The average molecular weight is 333 g/mol. The van der Waals surface area contributed by atoms with Gasteiger partial charge in [-0.15, -0.1) is 0 Å². The van der Waals surface area contributed by atoms with Gasteiger partial charge in [-0.1, -0.05) is 31.9 Å². The van der Waals surface area contributed by atoms with E-state index in [0.29, 0.717) is 5.92 Å². The molecule has 1 heterocycles. The van der Waals surface area contributed by atoms with Crippen molar-refractivity contribution < 1.29 is 13.2 Å². The summed E-state index contributed by atoms with van der Waals surface area (Å²) in [5, 5.41) is 0. The Morgan fingerprint density at radius 1 is 0.958 bits per heavy atom. The fraction of sp³-hybridized carbons (Fsp3) is 0.450. The SMILES string of the molecule is CCC[C@H]1CC[C@H](c2ccc(-c3ccc(F)nc3F)c(F)c2)CC1. The monoisotopic (exact) mass is 333 g/mol. The first-order valence-corrected chi connectivity index (χ1v) is 8.70. The maximum absolute atomic E-state index is 14.5. The molecule has 2 aromatic rings. The van der Waals surface area contributed by atoms with Gasteiger partial charge in [0.2, 0.25) is 11.9 Å². The lowest BCUT2D eigenvalue weighted by molar-refractivity contribution is 0.308. The topological polar surface area (TPSA) is 12.9 Å². The Bertz CT molecular complexity index is 706. The lowest BCUT2D eigenvalue weighted by Crippen LogP contribution is -2.13. The normalized spacial score (nSPS) is 21.0. The molecule has 1 aromatic carbocycles. The minimum Gasteiger partial charge on any atom is -0.206 e. The molecule has 0 amide bonds. The standard InChI is InChI=1S/C20H22F3N/c1-2-3-13-4-6-14(7-5-13)15-8-9-16(18(21)12-15)17-10-11-19(22)24-20(17)23/h8-14H,2-7H2,1H3/t13-,14-. The molecule has 1 aliphatic carbocycles. The summed E-state index contributed by atoms with van der Waals surface area (Å²) in [6.45, 7) is 2.21. The summed E-state index contributed by atoms with van der Waals surface area (Å²) in [7, 11) is 0. The first-order chi connectivity index (χ1) is 11.6. The third-order valence-corrected chi connectivity index (χ3v) is 5.11. The second-order valence-electron chi connectivity index (χ2n) is 6.72. The van der Waals surface area contributed by atoms with Gasteiger partial charge in [-0.2, -0.15) is 13.8 Å². The maximum Gasteiger partial charge on any atom is 0.223 e. The van der Waals surface area contributed by atoms with E-state index in [1.165, 1.54) is 37.8 Å². The Hall–Kier alpha value is -1.84. The van der Waals surface area contributed by atoms with E-state index in [-0.39, 0.29) is 11.1 Å². The van der Waals surface area contributed by atoms with Gasteiger partial charge in [0.05, 0.1) is 0 Å². The summed E-state index contributed by atoms with van der Waals surface area (Å²) in [6.07, 6.45) is 7.04. The average Bonchev–Trinajstić information content (AvgIpc) is 2.56. The summed E-state index contributed by atoms with van der Waals surface area (Å²) in [5.41, 5.74) is 1.09. The largest absolute Gasteiger partial charge is 0.223 e.